The van der Waals surface area contributed by atoms with E-state index in [0.717, 1.165) is 19.2 Å². The van der Waals surface area contributed by atoms with E-state index in [0.29, 0.717) is 13.1 Å². The number of carbonyl (C=O) groups excluding carboxylic acids is 1. The highest BCUT2D eigenvalue weighted by molar-refractivity contribution is 5.84. The largest absolute Gasteiger partial charge is 0.366 e. The number of primary amides is 1. The molecule has 5 nitrogen and oxygen atoms in total. The van der Waals surface area contributed by atoms with Crippen molar-refractivity contribution >= 4 is 5.91 Å². The Hall–Kier alpha value is -0.910. The summed E-state index contributed by atoms with van der Waals surface area (Å²) in [6.45, 7) is 6.22. The third kappa shape index (κ3) is 23.0. The standard InChI is InChI=1S/C4H13N3.C3H5NO/c5-1-3-7-4-2-6;1-2-3(4)5/h7H,1-6H2;2H,1H2,(H2,4,5). The number of nitrogens with one attached hydrogen (secondary N) is 1. The van der Waals surface area contributed by atoms with Gasteiger partial charge < -0.3 is 22.5 Å². The molecule has 0 atom stereocenters. The van der Waals surface area contributed by atoms with E-state index >= 15 is 0 Å². The summed E-state index contributed by atoms with van der Waals surface area (Å²) in [5, 5.41) is 3.03. The first kappa shape index (κ1) is 13.7. The SMILES string of the molecule is C=CC(N)=O.NCCNCCN. The molecule has 0 aliphatic rings. The first-order valence-corrected chi connectivity index (χ1v) is 3.71. The van der Waals surface area contributed by atoms with Crippen molar-refractivity contribution in [3.63, 3.8) is 0 Å². The van der Waals surface area contributed by atoms with Gasteiger partial charge in [0.15, 0.2) is 0 Å². The molecule has 0 aliphatic heterocycles. The van der Waals surface area contributed by atoms with Gasteiger partial charge in [0.25, 0.3) is 0 Å². The summed E-state index contributed by atoms with van der Waals surface area (Å²) in [5.41, 5.74) is 14.9. The highest BCUT2D eigenvalue weighted by atomic mass is 16.1. The van der Waals surface area contributed by atoms with Crippen molar-refractivity contribution in [3.05, 3.63) is 12.7 Å². The van der Waals surface area contributed by atoms with Crippen molar-refractivity contribution in [1.82, 2.24) is 5.32 Å². The monoisotopic (exact) mass is 174 g/mol. The number of amides is 1. The van der Waals surface area contributed by atoms with E-state index in [2.05, 4.69) is 17.6 Å². The molecule has 0 rings (SSSR count). The molecule has 0 heterocycles. The van der Waals surface area contributed by atoms with E-state index in [9.17, 15) is 4.79 Å². The van der Waals surface area contributed by atoms with Crippen LogP contribution in [0.5, 0.6) is 0 Å². The van der Waals surface area contributed by atoms with Crippen LogP contribution in [0.15, 0.2) is 12.7 Å². The van der Waals surface area contributed by atoms with Gasteiger partial charge in [0, 0.05) is 26.2 Å². The Morgan fingerprint density at radius 2 is 1.67 bits per heavy atom. The van der Waals surface area contributed by atoms with Gasteiger partial charge in [-0.05, 0) is 6.08 Å². The molecular formula is C7H18N4O. The van der Waals surface area contributed by atoms with Crippen LogP contribution in [-0.2, 0) is 4.79 Å². The average molecular weight is 174 g/mol. The number of hydrogen-bond acceptors (Lipinski definition) is 4. The number of hydrogen-bond donors (Lipinski definition) is 4. The number of carbonyl (C=O) groups is 1. The number of nitrogens with two attached hydrogens (primary N) is 3. The molecule has 0 aromatic rings. The summed E-state index contributed by atoms with van der Waals surface area (Å²) in [5.74, 6) is -0.481. The zero-order valence-corrected chi connectivity index (χ0v) is 7.25. The molecule has 5 heteroatoms. The van der Waals surface area contributed by atoms with Gasteiger partial charge in [-0.15, -0.1) is 0 Å². The fourth-order valence-corrected chi connectivity index (χ4v) is 0.329. The predicted octanol–water partition coefficient (Wildman–Crippen LogP) is -1.85. The molecule has 0 aromatic carbocycles. The van der Waals surface area contributed by atoms with E-state index in [4.69, 9.17) is 11.5 Å². The molecule has 0 radical (unpaired) electrons. The Bertz CT molecular complexity index is 112. The Morgan fingerprint density at radius 1 is 1.33 bits per heavy atom. The Morgan fingerprint density at radius 3 is 1.83 bits per heavy atom. The molecular weight excluding hydrogens is 156 g/mol. The lowest BCUT2D eigenvalue weighted by Crippen LogP contribution is -2.27. The van der Waals surface area contributed by atoms with Gasteiger partial charge in [-0.25, -0.2) is 0 Å². The van der Waals surface area contributed by atoms with Crippen molar-refractivity contribution < 1.29 is 4.79 Å². The minimum atomic E-state index is -0.481. The zero-order valence-electron chi connectivity index (χ0n) is 7.25. The highest BCUT2D eigenvalue weighted by Crippen LogP contribution is 1.49. The Labute approximate surface area is 73.0 Å². The van der Waals surface area contributed by atoms with E-state index in [1.807, 2.05) is 0 Å². The lowest BCUT2D eigenvalue weighted by atomic mass is 10.6. The lowest BCUT2D eigenvalue weighted by Gasteiger charge is -1.95. The first-order valence-electron chi connectivity index (χ1n) is 3.71. The van der Waals surface area contributed by atoms with E-state index in [1.54, 1.807) is 0 Å². The van der Waals surface area contributed by atoms with Crippen LogP contribution in [0, 0.1) is 0 Å². The number of rotatable bonds is 5. The van der Waals surface area contributed by atoms with Crippen molar-refractivity contribution in [2.24, 2.45) is 17.2 Å². The molecule has 0 spiro atoms. The van der Waals surface area contributed by atoms with Crippen LogP contribution in [0.1, 0.15) is 0 Å². The third-order valence-corrected chi connectivity index (χ3v) is 0.843. The molecule has 0 aromatic heterocycles. The van der Waals surface area contributed by atoms with Crippen molar-refractivity contribution in [1.29, 1.82) is 0 Å². The molecule has 0 saturated heterocycles. The molecule has 1 amide bonds. The summed E-state index contributed by atoms with van der Waals surface area (Å²) in [6.07, 6.45) is 1.06. The zero-order chi connectivity index (χ0) is 9.82. The van der Waals surface area contributed by atoms with Crippen molar-refractivity contribution in [2.75, 3.05) is 26.2 Å². The average Bonchev–Trinajstić information content (AvgIpc) is 2.07. The maximum atomic E-state index is 9.47. The van der Waals surface area contributed by atoms with Crippen molar-refractivity contribution in [2.45, 2.75) is 0 Å². The second-order valence-electron chi connectivity index (χ2n) is 1.93. The lowest BCUT2D eigenvalue weighted by molar-refractivity contribution is -0.113. The van der Waals surface area contributed by atoms with Gasteiger partial charge in [-0.1, -0.05) is 6.58 Å². The van der Waals surface area contributed by atoms with Crippen LogP contribution in [0.3, 0.4) is 0 Å². The summed E-state index contributed by atoms with van der Waals surface area (Å²) in [4.78, 5) is 9.47. The fraction of sp³-hybridized carbons (Fsp3) is 0.571. The molecule has 7 N–H and O–H groups in total. The smallest absolute Gasteiger partial charge is 0.240 e. The molecule has 0 fully saturated rings. The first-order chi connectivity index (χ1) is 5.68. The molecule has 0 saturated carbocycles. The van der Waals surface area contributed by atoms with Gasteiger partial charge >= 0.3 is 0 Å². The third-order valence-electron chi connectivity index (χ3n) is 0.843. The minimum Gasteiger partial charge on any atom is -0.366 e. The summed E-state index contributed by atoms with van der Waals surface area (Å²) in [6, 6.07) is 0. The Kier molecular flexibility index (Phi) is 14.5. The van der Waals surface area contributed by atoms with Crippen LogP contribution in [0.2, 0.25) is 0 Å². The van der Waals surface area contributed by atoms with Gasteiger partial charge in [-0.3, -0.25) is 4.79 Å². The molecule has 72 valence electrons. The molecule has 12 heavy (non-hydrogen) atoms. The van der Waals surface area contributed by atoms with Crippen LogP contribution in [0.4, 0.5) is 0 Å². The topological polar surface area (TPSA) is 107 Å². The normalized spacial score (nSPS) is 8.17. The maximum Gasteiger partial charge on any atom is 0.240 e. The molecule has 0 bridgehead atoms. The van der Waals surface area contributed by atoms with E-state index < -0.39 is 5.91 Å². The van der Waals surface area contributed by atoms with Gasteiger partial charge in [0.1, 0.15) is 0 Å². The second kappa shape index (κ2) is 12.7. The van der Waals surface area contributed by atoms with Gasteiger partial charge in [-0.2, -0.15) is 0 Å². The van der Waals surface area contributed by atoms with E-state index in [-0.39, 0.29) is 0 Å². The van der Waals surface area contributed by atoms with Crippen LogP contribution >= 0.6 is 0 Å². The second-order valence-corrected chi connectivity index (χ2v) is 1.93. The maximum absolute atomic E-state index is 9.47. The van der Waals surface area contributed by atoms with Gasteiger partial charge in [0.05, 0.1) is 0 Å². The Balaban J connectivity index is 0. The quantitative estimate of drug-likeness (QED) is 0.290. The summed E-state index contributed by atoms with van der Waals surface area (Å²) in [7, 11) is 0. The van der Waals surface area contributed by atoms with E-state index in [1.165, 1.54) is 0 Å². The molecule has 0 unspecified atom stereocenters. The minimum absolute atomic E-state index is 0.481. The van der Waals surface area contributed by atoms with Crippen molar-refractivity contribution in [3.8, 4) is 0 Å². The van der Waals surface area contributed by atoms with Gasteiger partial charge in [0.2, 0.25) is 5.91 Å². The van der Waals surface area contributed by atoms with Crippen LogP contribution in [0.25, 0.3) is 0 Å². The van der Waals surface area contributed by atoms with Crippen LogP contribution < -0.4 is 22.5 Å². The summed E-state index contributed by atoms with van der Waals surface area (Å²) >= 11 is 0. The fourth-order valence-electron chi connectivity index (χ4n) is 0.329. The molecule has 0 aliphatic carbocycles. The summed E-state index contributed by atoms with van der Waals surface area (Å²) < 4.78 is 0. The highest BCUT2D eigenvalue weighted by Gasteiger charge is 1.76. The predicted molar refractivity (Wildman–Crippen MR) is 50.4 cm³/mol. The van der Waals surface area contributed by atoms with Crippen LogP contribution in [-0.4, -0.2) is 32.1 Å².